The lowest BCUT2D eigenvalue weighted by atomic mass is 10.2. The summed E-state index contributed by atoms with van der Waals surface area (Å²) in [6.45, 7) is 8.53. The Morgan fingerprint density at radius 2 is 2.10 bits per heavy atom. The van der Waals surface area contributed by atoms with Crippen LogP contribution in [0.2, 0.25) is 0 Å². The number of anilines is 2. The van der Waals surface area contributed by atoms with Crippen LogP contribution in [0.3, 0.4) is 0 Å². The van der Waals surface area contributed by atoms with Crippen molar-refractivity contribution in [2.24, 2.45) is 0 Å². The topological polar surface area (TPSA) is 44.3 Å². The van der Waals surface area contributed by atoms with Gasteiger partial charge in [0, 0.05) is 44.2 Å². The van der Waals surface area contributed by atoms with Gasteiger partial charge in [0.25, 0.3) is 0 Å². The molecule has 1 atom stereocenters. The van der Waals surface area contributed by atoms with Crippen LogP contribution in [0.4, 0.5) is 11.6 Å². The SMILES string of the molecule is CCNc1cc(N2CCN(C)CC2C)nc(C2CC2)n1. The fourth-order valence-electron chi connectivity index (χ4n) is 2.88. The zero-order chi connectivity index (χ0) is 14.1. The Bertz CT molecular complexity index is 471. The summed E-state index contributed by atoms with van der Waals surface area (Å²) in [5, 5.41) is 3.35. The number of hydrogen-bond acceptors (Lipinski definition) is 5. The van der Waals surface area contributed by atoms with Crippen molar-refractivity contribution in [2.45, 2.75) is 38.6 Å². The molecule has 0 bridgehead atoms. The summed E-state index contributed by atoms with van der Waals surface area (Å²) in [5.74, 6) is 3.70. The average Bonchev–Trinajstić information content (AvgIpc) is 3.23. The van der Waals surface area contributed by atoms with Gasteiger partial charge in [-0.25, -0.2) is 9.97 Å². The van der Waals surface area contributed by atoms with Gasteiger partial charge >= 0.3 is 0 Å². The molecule has 1 unspecified atom stereocenters. The zero-order valence-electron chi connectivity index (χ0n) is 12.8. The quantitative estimate of drug-likeness (QED) is 0.909. The first kappa shape index (κ1) is 13.6. The molecule has 5 nitrogen and oxygen atoms in total. The molecule has 5 heteroatoms. The summed E-state index contributed by atoms with van der Waals surface area (Å²) in [7, 11) is 2.19. The van der Waals surface area contributed by atoms with Gasteiger partial charge < -0.3 is 15.1 Å². The Morgan fingerprint density at radius 3 is 2.75 bits per heavy atom. The maximum atomic E-state index is 4.83. The van der Waals surface area contributed by atoms with Crippen LogP contribution in [0.5, 0.6) is 0 Å². The Hall–Kier alpha value is -1.36. The molecule has 110 valence electrons. The molecule has 0 amide bonds. The van der Waals surface area contributed by atoms with Crippen LogP contribution < -0.4 is 10.2 Å². The highest BCUT2D eigenvalue weighted by atomic mass is 15.3. The molecule has 1 aliphatic carbocycles. The third-order valence-corrected chi connectivity index (χ3v) is 4.16. The number of hydrogen-bond donors (Lipinski definition) is 1. The first-order valence-electron chi connectivity index (χ1n) is 7.75. The largest absolute Gasteiger partial charge is 0.370 e. The van der Waals surface area contributed by atoms with Crippen molar-refractivity contribution in [3.63, 3.8) is 0 Å². The molecule has 1 aliphatic heterocycles. The zero-order valence-corrected chi connectivity index (χ0v) is 12.8. The van der Waals surface area contributed by atoms with Crippen LogP contribution in [0.15, 0.2) is 6.07 Å². The van der Waals surface area contributed by atoms with E-state index in [0.29, 0.717) is 12.0 Å². The summed E-state index contributed by atoms with van der Waals surface area (Å²) in [6, 6.07) is 2.61. The predicted octanol–water partition coefficient (Wildman–Crippen LogP) is 1.93. The standard InChI is InChI=1S/C15H25N5/c1-4-16-13-9-14(18-15(17-13)12-5-6-12)20-8-7-19(3)10-11(20)2/h9,11-12H,4-8,10H2,1-3H3,(H,16,17,18). The average molecular weight is 275 g/mol. The highest BCUT2D eigenvalue weighted by Crippen LogP contribution is 2.39. The van der Waals surface area contributed by atoms with Crippen molar-refractivity contribution in [2.75, 3.05) is 43.4 Å². The lowest BCUT2D eigenvalue weighted by Gasteiger charge is -2.39. The van der Waals surface area contributed by atoms with Crippen LogP contribution in [0, 0.1) is 0 Å². The van der Waals surface area contributed by atoms with Gasteiger partial charge in [-0.2, -0.15) is 0 Å². The van der Waals surface area contributed by atoms with Crippen molar-refractivity contribution in [1.29, 1.82) is 0 Å². The smallest absolute Gasteiger partial charge is 0.136 e. The third-order valence-electron chi connectivity index (χ3n) is 4.16. The van der Waals surface area contributed by atoms with Gasteiger partial charge in [0.1, 0.15) is 17.5 Å². The van der Waals surface area contributed by atoms with E-state index in [0.717, 1.165) is 43.6 Å². The number of piperazine rings is 1. The molecule has 2 aliphatic rings. The molecular formula is C15H25N5. The Kier molecular flexibility index (Phi) is 3.78. The molecule has 1 saturated carbocycles. The molecule has 1 aromatic heterocycles. The van der Waals surface area contributed by atoms with Crippen molar-refractivity contribution in [3.8, 4) is 0 Å². The number of likely N-dealkylation sites (N-methyl/N-ethyl adjacent to an activating group) is 1. The summed E-state index contributed by atoms with van der Waals surface area (Å²) in [5.41, 5.74) is 0. The van der Waals surface area contributed by atoms with Gasteiger partial charge in [-0.15, -0.1) is 0 Å². The van der Waals surface area contributed by atoms with Gasteiger partial charge in [0.2, 0.25) is 0 Å². The summed E-state index contributed by atoms with van der Waals surface area (Å²) in [4.78, 5) is 14.3. The second-order valence-corrected chi connectivity index (χ2v) is 6.08. The van der Waals surface area contributed by atoms with Crippen LogP contribution in [0.1, 0.15) is 38.4 Å². The lowest BCUT2D eigenvalue weighted by molar-refractivity contribution is 0.274. The van der Waals surface area contributed by atoms with E-state index in [1.54, 1.807) is 0 Å². The van der Waals surface area contributed by atoms with Gasteiger partial charge in [0.05, 0.1) is 0 Å². The van der Waals surface area contributed by atoms with Crippen LogP contribution in [0.25, 0.3) is 0 Å². The monoisotopic (exact) mass is 275 g/mol. The van der Waals surface area contributed by atoms with Crippen LogP contribution in [-0.4, -0.2) is 54.1 Å². The molecule has 1 saturated heterocycles. The van der Waals surface area contributed by atoms with Gasteiger partial charge in [-0.1, -0.05) is 0 Å². The van der Waals surface area contributed by atoms with E-state index >= 15 is 0 Å². The summed E-state index contributed by atoms with van der Waals surface area (Å²) < 4.78 is 0. The first-order valence-corrected chi connectivity index (χ1v) is 7.75. The van der Waals surface area contributed by atoms with Crippen molar-refractivity contribution in [1.82, 2.24) is 14.9 Å². The fourth-order valence-corrected chi connectivity index (χ4v) is 2.88. The highest BCUT2D eigenvalue weighted by molar-refractivity contribution is 5.51. The second kappa shape index (κ2) is 5.56. The van der Waals surface area contributed by atoms with E-state index in [1.165, 1.54) is 12.8 Å². The number of rotatable bonds is 4. The Labute approximate surface area is 121 Å². The number of nitrogens with one attached hydrogen (secondary N) is 1. The van der Waals surface area contributed by atoms with E-state index in [4.69, 9.17) is 4.98 Å². The van der Waals surface area contributed by atoms with Crippen molar-refractivity contribution < 1.29 is 0 Å². The summed E-state index contributed by atoms with van der Waals surface area (Å²) >= 11 is 0. The van der Waals surface area contributed by atoms with E-state index in [1.807, 2.05) is 0 Å². The van der Waals surface area contributed by atoms with Crippen LogP contribution in [-0.2, 0) is 0 Å². The van der Waals surface area contributed by atoms with Gasteiger partial charge in [-0.05, 0) is 33.7 Å². The predicted molar refractivity (Wildman–Crippen MR) is 82.5 cm³/mol. The van der Waals surface area contributed by atoms with E-state index in [9.17, 15) is 0 Å². The minimum Gasteiger partial charge on any atom is -0.370 e. The van der Waals surface area contributed by atoms with Crippen molar-refractivity contribution in [3.05, 3.63) is 11.9 Å². The third kappa shape index (κ3) is 2.87. The lowest BCUT2D eigenvalue weighted by Crippen LogP contribution is -2.50. The van der Waals surface area contributed by atoms with Crippen LogP contribution >= 0.6 is 0 Å². The highest BCUT2D eigenvalue weighted by Gasteiger charge is 2.29. The number of nitrogens with zero attached hydrogens (tertiary/aromatic N) is 4. The Morgan fingerprint density at radius 1 is 1.30 bits per heavy atom. The van der Waals surface area contributed by atoms with Gasteiger partial charge in [-0.3, -0.25) is 0 Å². The number of aromatic nitrogens is 2. The maximum absolute atomic E-state index is 4.83. The molecule has 20 heavy (non-hydrogen) atoms. The fraction of sp³-hybridized carbons (Fsp3) is 0.733. The normalized spacial score (nSPS) is 23.9. The second-order valence-electron chi connectivity index (χ2n) is 6.08. The van der Waals surface area contributed by atoms with Crippen molar-refractivity contribution >= 4 is 11.6 Å². The molecule has 2 heterocycles. The molecular weight excluding hydrogens is 250 g/mol. The molecule has 1 aromatic rings. The maximum Gasteiger partial charge on any atom is 0.136 e. The molecule has 3 rings (SSSR count). The minimum atomic E-state index is 0.505. The first-order chi connectivity index (χ1) is 9.67. The molecule has 0 spiro atoms. The molecule has 0 radical (unpaired) electrons. The van der Waals surface area contributed by atoms with Gasteiger partial charge in [0.15, 0.2) is 0 Å². The Balaban J connectivity index is 1.87. The molecule has 1 N–H and O–H groups in total. The molecule has 2 fully saturated rings. The van der Waals surface area contributed by atoms with E-state index in [2.05, 4.69) is 47.1 Å². The van der Waals surface area contributed by atoms with E-state index < -0.39 is 0 Å². The summed E-state index contributed by atoms with van der Waals surface area (Å²) in [6.07, 6.45) is 2.49. The van der Waals surface area contributed by atoms with E-state index in [-0.39, 0.29) is 0 Å². The molecule has 0 aromatic carbocycles. The minimum absolute atomic E-state index is 0.505.